The molecule has 1 aromatic carbocycles. The maximum absolute atomic E-state index is 14.6. The first-order valence-electron chi connectivity index (χ1n) is 13.6. The second kappa shape index (κ2) is 10.9. The number of aromatic nitrogens is 2. The maximum Gasteiger partial charge on any atom is 0.261 e. The van der Waals surface area contributed by atoms with Crippen molar-refractivity contribution in [3.05, 3.63) is 88.0 Å². The molecule has 2 amide bonds. The van der Waals surface area contributed by atoms with Crippen LogP contribution in [-0.2, 0) is 29.2 Å². The second-order valence-electron chi connectivity index (χ2n) is 11.0. The summed E-state index contributed by atoms with van der Waals surface area (Å²) in [5.74, 6) is -0.259. The van der Waals surface area contributed by atoms with Gasteiger partial charge in [-0.2, -0.15) is 0 Å². The highest BCUT2D eigenvalue weighted by molar-refractivity contribution is 6.19. The third-order valence-electron chi connectivity index (χ3n) is 7.72. The van der Waals surface area contributed by atoms with E-state index >= 15 is 0 Å². The first-order valence-corrected chi connectivity index (χ1v) is 13.6. The summed E-state index contributed by atoms with van der Waals surface area (Å²) in [5.41, 5.74) is 1.88. The van der Waals surface area contributed by atoms with Crippen molar-refractivity contribution in [3.63, 3.8) is 0 Å². The molecule has 0 N–H and O–H groups in total. The molecule has 1 aliphatic heterocycles. The van der Waals surface area contributed by atoms with E-state index in [9.17, 15) is 18.8 Å². The molecule has 3 aromatic heterocycles. The summed E-state index contributed by atoms with van der Waals surface area (Å²) in [7, 11) is 1.68. The first-order chi connectivity index (χ1) is 19.5. The molecule has 4 aromatic rings. The number of amides is 2. The Morgan fingerprint density at radius 1 is 1.02 bits per heavy atom. The van der Waals surface area contributed by atoms with Gasteiger partial charge in [-0.05, 0) is 63.6 Å². The molecule has 4 heterocycles. The van der Waals surface area contributed by atoms with Crippen LogP contribution in [0.2, 0.25) is 0 Å². The molecular weight excluding hydrogens is 525 g/mol. The predicted octanol–water partition coefficient (Wildman–Crippen LogP) is 4.49. The van der Waals surface area contributed by atoms with Gasteiger partial charge in [-0.25, -0.2) is 4.39 Å². The summed E-state index contributed by atoms with van der Waals surface area (Å²) < 4.78 is 21.8. The lowest BCUT2D eigenvalue weighted by atomic mass is 9.90. The zero-order chi connectivity index (χ0) is 29.5. The first kappa shape index (κ1) is 28.2. The fourth-order valence-corrected chi connectivity index (χ4v) is 5.42. The Bertz CT molecular complexity index is 1690. The third kappa shape index (κ3) is 5.27. The van der Waals surface area contributed by atoms with E-state index in [0.29, 0.717) is 59.8 Å². The number of hydrogen-bond acceptors (Lipinski definition) is 6. The van der Waals surface area contributed by atoms with E-state index in [2.05, 4.69) is 4.98 Å². The molecule has 0 radical (unpaired) electrons. The number of nitrogens with zero attached hydrogens (tertiary/aromatic N) is 5. The second-order valence-corrected chi connectivity index (χ2v) is 11.0. The molecular formula is C31H34FN5O4. The van der Waals surface area contributed by atoms with Crippen molar-refractivity contribution in [2.75, 3.05) is 29.9 Å². The lowest BCUT2D eigenvalue weighted by Crippen LogP contribution is -2.47. The normalized spacial score (nSPS) is 15.1. The van der Waals surface area contributed by atoms with Crippen LogP contribution in [0.1, 0.15) is 37.7 Å². The van der Waals surface area contributed by atoms with E-state index in [1.807, 2.05) is 30.0 Å². The van der Waals surface area contributed by atoms with Crippen LogP contribution in [0.3, 0.4) is 0 Å². The molecule has 1 aliphatic rings. The number of rotatable bonds is 8. The molecule has 9 nitrogen and oxygen atoms in total. The van der Waals surface area contributed by atoms with Gasteiger partial charge in [0.2, 0.25) is 11.8 Å². The summed E-state index contributed by atoms with van der Waals surface area (Å²) in [6.45, 7) is 8.95. The molecule has 0 bridgehead atoms. The molecule has 0 spiro atoms. The lowest BCUT2D eigenvalue weighted by Gasteiger charge is -2.27. The maximum atomic E-state index is 14.6. The molecule has 214 valence electrons. The molecule has 0 atom stereocenters. The molecule has 10 heteroatoms. The summed E-state index contributed by atoms with van der Waals surface area (Å²) in [6.07, 6.45) is 4.45. The largest absolute Gasteiger partial charge is 0.461 e. The quantitative estimate of drug-likeness (QED) is 0.296. The van der Waals surface area contributed by atoms with Crippen LogP contribution >= 0.6 is 0 Å². The average Bonchev–Trinajstić information content (AvgIpc) is 3.33. The number of hydrogen-bond donors (Lipinski definition) is 0. The lowest BCUT2D eigenvalue weighted by molar-refractivity contribution is -0.137. The highest BCUT2D eigenvalue weighted by atomic mass is 19.1. The molecule has 41 heavy (non-hydrogen) atoms. The van der Waals surface area contributed by atoms with Crippen LogP contribution in [-0.4, -0.2) is 46.4 Å². The number of anilines is 2. The van der Waals surface area contributed by atoms with Crippen molar-refractivity contribution in [3.8, 4) is 0 Å². The molecule has 0 unspecified atom stereocenters. The highest BCUT2D eigenvalue weighted by Gasteiger charge is 2.45. The average molecular weight is 560 g/mol. The standard InChI is InChI=1S/C31H34FN5O4/c1-6-37-25-8-7-21(16-26(25)34(5)29(39)31(3,4)30(37)40)18-35(19-22-9-11-33-17-24(22)32)13-14-36-12-10-27-23(28(36)38)15-20(2)41-27/h7-12,15-17H,6,13-14,18-19H2,1-5H3. The number of pyridine rings is 2. The van der Waals surface area contributed by atoms with Crippen LogP contribution in [0.5, 0.6) is 0 Å². The van der Waals surface area contributed by atoms with Crippen molar-refractivity contribution in [1.82, 2.24) is 14.5 Å². The Morgan fingerprint density at radius 3 is 2.54 bits per heavy atom. The SMILES string of the molecule is CCN1C(=O)C(C)(C)C(=O)N(C)c2cc(CN(CCn3ccc4oc(C)cc4c3=O)Cc3ccncc3F)ccc21. The molecule has 0 saturated heterocycles. The van der Waals surface area contributed by atoms with Gasteiger partial charge in [-0.15, -0.1) is 0 Å². The van der Waals surface area contributed by atoms with Crippen molar-refractivity contribution < 1.29 is 18.4 Å². The van der Waals surface area contributed by atoms with E-state index < -0.39 is 11.2 Å². The Hall–Kier alpha value is -4.31. The predicted molar refractivity (Wildman–Crippen MR) is 155 cm³/mol. The van der Waals surface area contributed by atoms with Gasteiger partial charge < -0.3 is 18.8 Å². The van der Waals surface area contributed by atoms with Gasteiger partial charge >= 0.3 is 0 Å². The van der Waals surface area contributed by atoms with Crippen molar-refractivity contribution in [1.29, 1.82) is 0 Å². The van der Waals surface area contributed by atoms with Crippen LogP contribution in [0.25, 0.3) is 11.0 Å². The van der Waals surface area contributed by atoms with Crippen LogP contribution in [0, 0.1) is 18.2 Å². The smallest absolute Gasteiger partial charge is 0.261 e. The van der Waals surface area contributed by atoms with Gasteiger partial charge in [0, 0.05) is 57.7 Å². The van der Waals surface area contributed by atoms with Crippen LogP contribution in [0.4, 0.5) is 15.8 Å². The number of aryl methyl sites for hydroxylation is 1. The van der Waals surface area contributed by atoms with Gasteiger partial charge in [-0.3, -0.25) is 24.3 Å². The van der Waals surface area contributed by atoms with E-state index in [1.165, 1.54) is 6.20 Å². The zero-order valence-corrected chi connectivity index (χ0v) is 24.0. The van der Waals surface area contributed by atoms with Crippen molar-refractivity contribution >= 4 is 34.2 Å². The topological polar surface area (TPSA) is 91.9 Å². The number of benzene rings is 1. The van der Waals surface area contributed by atoms with E-state index in [1.54, 1.807) is 72.8 Å². The molecule has 0 saturated carbocycles. The molecule has 5 rings (SSSR count). The summed E-state index contributed by atoms with van der Waals surface area (Å²) >= 11 is 0. The zero-order valence-electron chi connectivity index (χ0n) is 24.0. The van der Waals surface area contributed by atoms with Crippen molar-refractivity contribution in [2.24, 2.45) is 5.41 Å². The van der Waals surface area contributed by atoms with Gasteiger partial charge in [0.1, 0.15) is 22.6 Å². The van der Waals surface area contributed by atoms with Crippen LogP contribution < -0.4 is 15.4 Å². The van der Waals surface area contributed by atoms with E-state index in [-0.39, 0.29) is 23.9 Å². The fourth-order valence-electron chi connectivity index (χ4n) is 5.42. The molecule has 0 fully saturated rings. The van der Waals surface area contributed by atoms with Gasteiger partial charge in [0.15, 0.2) is 0 Å². The number of carbonyl (C=O) groups is 2. The minimum absolute atomic E-state index is 0.147. The Morgan fingerprint density at radius 2 is 1.80 bits per heavy atom. The van der Waals surface area contributed by atoms with Gasteiger partial charge in [-0.1, -0.05) is 6.07 Å². The minimum atomic E-state index is -1.20. The Balaban J connectivity index is 1.46. The number of halogens is 1. The number of furan rings is 1. The van der Waals surface area contributed by atoms with E-state index in [4.69, 9.17) is 4.42 Å². The van der Waals surface area contributed by atoms with Gasteiger partial charge in [0.25, 0.3) is 5.56 Å². The van der Waals surface area contributed by atoms with Gasteiger partial charge in [0.05, 0.1) is 23.0 Å². The summed E-state index contributed by atoms with van der Waals surface area (Å²) in [6, 6.07) is 10.9. The van der Waals surface area contributed by atoms with Crippen molar-refractivity contribution in [2.45, 2.75) is 47.3 Å². The highest BCUT2D eigenvalue weighted by Crippen LogP contribution is 2.39. The van der Waals surface area contributed by atoms with E-state index in [0.717, 1.165) is 5.56 Å². The third-order valence-corrected chi connectivity index (χ3v) is 7.72. The number of fused-ring (bicyclic) bond motifs is 2. The molecule has 0 aliphatic carbocycles. The fraction of sp³-hybridized carbons (Fsp3) is 0.355. The Labute approximate surface area is 237 Å². The summed E-state index contributed by atoms with van der Waals surface area (Å²) in [4.78, 5) is 48.7. The van der Waals surface area contributed by atoms with Crippen LogP contribution in [0.15, 0.2) is 64.2 Å². The Kier molecular flexibility index (Phi) is 7.52. The number of carbonyl (C=O) groups excluding carboxylic acids is 2. The minimum Gasteiger partial charge on any atom is -0.461 e. The summed E-state index contributed by atoms with van der Waals surface area (Å²) in [5, 5.41) is 0.521. The monoisotopic (exact) mass is 559 g/mol.